The molecule has 0 radical (unpaired) electrons. The molecule has 0 rings (SSSR count). The van der Waals surface area contributed by atoms with Crippen molar-refractivity contribution in [1.29, 1.82) is 0 Å². The molecule has 1 N–H and O–H groups in total. The van der Waals surface area contributed by atoms with Crippen LogP contribution in [0.3, 0.4) is 0 Å². The zero-order valence-electron chi connectivity index (χ0n) is 13.5. The molecule has 0 bridgehead atoms. The molecular formula is C15H32N2O2. The smallest absolute Gasteiger partial charge is 0.322 e. The summed E-state index contributed by atoms with van der Waals surface area (Å²) in [7, 11) is 1.46. The molecule has 0 aliphatic heterocycles. The van der Waals surface area contributed by atoms with Gasteiger partial charge in [0.2, 0.25) is 0 Å². The maximum absolute atomic E-state index is 11.7. The Morgan fingerprint density at radius 3 is 2.32 bits per heavy atom. The molecule has 1 atom stereocenters. The first-order valence-electron chi connectivity index (χ1n) is 7.47. The summed E-state index contributed by atoms with van der Waals surface area (Å²) in [6.07, 6.45) is 1.82. The van der Waals surface area contributed by atoms with E-state index in [0.29, 0.717) is 12.0 Å². The van der Waals surface area contributed by atoms with Gasteiger partial charge in [0.05, 0.1) is 7.11 Å². The van der Waals surface area contributed by atoms with E-state index in [1.807, 2.05) is 0 Å². The normalized spacial score (nSPS) is 13.3. The van der Waals surface area contributed by atoms with Crippen LogP contribution < -0.4 is 5.32 Å². The van der Waals surface area contributed by atoms with Crippen LogP contribution in [0.5, 0.6) is 0 Å². The molecule has 4 heteroatoms. The fraction of sp³-hybridized carbons (Fsp3) is 0.933. The molecule has 0 aromatic rings. The Hall–Kier alpha value is -0.610. The van der Waals surface area contributed by atoms with Crippen molar-refractivity contribution in [2.75, 3.05) is 26.7 Å². The molecule has 0 saturated carbocycles. The number of carbonyl (C=O) groups excluding carboxylic acids is 1. The zero-order chi connectivity index (χ0) is 14.8. The first kappa shape index (κ1) is 18.4. The van der Waals surface area contributed by atoms with Crippen molar-refractivity contribution in [3.8, 4) is 0 Å². The summed E-state index contributed by atoms with van der Waals surface area (Å²) >= 11 is 0. The monoisotopic (exact) mass is 272 g/mol. The summed E-state index contributed by atoms with van der Waals surface area (Å²) in [5.41, 5.74) is 0. The van der Waals surface area contributed by atoms with Gasteiger partial charge in [-0.15, -0.1) is 0 Å². The van der Waals surface area contributed by atoms with Crippen molar-refractivity contribution >= 4 is 5.97 Å². The van der Waals surface area contributed by atoms with Crippen molar-refractivity contribution in [2.45, 2.75) is 59.5 Å². The predicted molar refractivity (Wildman–Crippen MR) is 80.3 cm³/mol. The number of carbonyl (C=O) groups is 1. The number of nitrogens with zero attached hydrogens (tertiary/aromatic N) is 1. The van der Waals surface area contributed by atoms with Gasteiger partial charge in [-0.2, -0.15) is 0 Å². The third-order valence-corrected chi connectivity index (χ3v) is 3.16. The number of ether oxygens (including phenoxy) is 1. The van der Waals surface area contributed by atoms with Gasteiger partial charge in [0.15, 0.2) is 0 Å². The maximum Gasteiger partial charge on any atom is 0.322 e. The molecular weight excluding hydrogens is 240 g/mol. The van der Waals surface area contributed by atoms with Gasteiger partial charge in [-0.05, 0) is 39.2 Å². The molecule has 0 aromatic carbocycles. The molecule has 0 aliphatic carbocycles. The standard InChI is InChI=1S/C15H32N2O2/c1-7-9-16-14(15(18)19-6)8-10-17(13(4)5)11-12(2)3/h12-14,16H,7-11H2,1-6H3. The minimum Gasteiger partial charge on any atom is -0.468 e. The Morgan fingerprint density at radius 1 is 1.26 bits per heavy atom. The van der Waals surface area contributed by atoms with E-state index in [1.165, 1.54) is 7.11 Å². The van der Waals surface area contributed by atoms with Gasteiger partial charge in [-0.25, -0.2) is 0 Å². The van der Waals surface area contributed by atoms with E-state index in [1.54, 1.807) is 0 Å². The summed E-state index contributed by atoms with van der Waals surface area (Å²) in [5, 5.41) is 3.27. The average molecular weight is 272 g/mol. The second kappa shape index (κ2) is 10.2. The second-order valence-electron chi connectivity index (χ2n) is 5.80. The summed E-state index contributed by atoms with van der Waals surface area (Å²) < 4.78 is 4.86. The molecule has 114 valence electrons. The van der Waals surface area contributed by atoms with Gasteiger partial charge in [-0.1, -0.05) is 20.8 Å². The Bertz CT molecular complexity index is 242. The molecule has 4 nitrogen and oxygen atoms in total. The van der Waals surface area contributed by atoms with Gasteiger partial charge in [0, 0.05) is 19.1 Å². The topological polar surface area (TPSA) is 41.6 Å². The fourth-order valence-corrected chi connectivity index (χ4v) is 2.09. The highest BCUT2D eigenvalue weighted by molar-refractivity contribution is 5.75. The van der Waals surface area contributed by atoms with Crippen LogP contribution in [0, 0.1) is 5.92 Å². The van der Waals surface area contributed by atoms with Crippen LogP contribution in [-0.2, 0) is 9.53 Å². The number of rotatable bonds is 10. The molecule has 0 heterocycles. The van der Waals surface area contributed by atoms with Gasteiger partial charge >= 0.3 is 5.97 Å². The molecule has 0 saturated heterocycles. The summed E-state index contributed by atoms with van der Waals surface area (Å²) in [6.45, 7) is 13.8. The largest absolute Gasteiger partial charge is 0.468 e. The average Bonchev–Trinajstić information content (AvgIpc) is 2.35. The maximum atomic E-state index is 11.7. The lowest BCUT2D eigenvalue weighted by atomic mass is 10.1. The van der Waals surface area contributed by atoms with E-state index in [2.05, 4.69) is 44.8 Å². The van der Waals surface area contributed by atoms with Gasteiger partial charge in [0.25, 0.3) is 0 Å². The van der Waals surface area contributed by atoms with Crippen molar-refractivity contribution in [1.82, 2.24) is 10.2 Å². The van der Waals surface area contributed by atoms with Crippen molar-refractivity contribution in [2.24, 2.45) is 5.92 Å². The van der Waals surface area contributed by atoms with Crippen LogP contribution in [0.4, 0.5) is 0 Å². The highest BCUT2D eigenvalue weighted by atomic mass is 16.5. The van der Waals surface area contributed by atoms with Crippen molar-refractivity contribution in [3.05, 3.63) is 0 Å². The van der Waals surface area contributed by atoms with Crippen LogP contribution in [0.15, 0.2) is 0 Å². The van der Waals surface area contributed by atoms with Crippen LogP contribution >= 0.6 is 0 Å². The Morgan fingerprint density at radius 2 is 1.89 bits per heavy atom. The van der Waals surface area contributed by atoms with Crippen LogP contribution in [0.25, 0.3) is 0 Å². The van der Waals surface area contributed by atoms with Crippen LogP contribution in [-0.4, -0.2) is 49.7 Å². The molecule has 1 unspecified atom stereocenters. The highest BCUT2D eigenvalue weighted by Crippen LogP contribution is 2.07. The van der Waals surface area contributed by atoms with Gasteiger partial charge < -0.3 is 15.0 Å². The molecule has 0 spiro atoms. The van der Waals surface area contributed by atoms with E-state index >= 15 is 0 Å². The molecule has 0 fully saturated rings. The van der Waals surface area contributed by atoms with E-state index in [9.17, 15) is 4.79 Å². The quantitative estimate of drug-likeness (QED) is 0.620. The first-order chi connectivity index (χ1) is 8.92. The first-order valence-corrected chi connectivity index (χ1v) is 7.47. The Labute approximate surface area is 118 Å². The summed E-state index contributed by atoms with van der Waals surface area (Å²) in [4.78, 5) is 14.1. The van der Waals surface area contributed by atoms with E-state index in [4.69, 9.17) is 4.74 Å². The summed E-state index contributed by atoms with van der Waals surface area (Å²) in [6, 6.07) is 0.324. The minimum atomic E-state index is -0.182. The lowest BCUT2D eigenvalue weighted by Crippen LogP contribution is -2.43. The van der Waals surface area contributed by atoms with E-state index < -0.39 is 0 Å². The minimum absolute atomic E-state index is 0.151. The van der Waals surface area contributed by atoms with Crippen molar-refractivity contribution in [3.63, 3.8) is 0 Å². The Balaban J connectivity index is 4.35. The molecule has 0 amide bonds. The molecule has 0 aromatic heterocycles. The SMILES string of the molecule is CCCNC(CCN(CC(C)C)C(C)C)C(=O)OC. The van der Waals surface area contributed by atoms with Gasteiger partial charge in [0.1, 0.15) is 6.04 Å². The van der Waals surface area contributed by atoms with E-state index in [0.717, 1.165) is 32.5 Å². The third kappa shape index (κ3) is 8.22. The van der Waals surface area contributed by atoms with Crippen LogP contribution in [0.2, 0.25) is 0 Å². The Kier molecular flexibility index (Phi) is 9.88. The van der Waals surface area contributed by atoms with Crippen molar-refractivity contribution < 1.29 is 9.53 Å². The zero-order valence-corrected chi connectivity index (χ0v) is 13.5. The number of esters is 1. The van der Waals surface area contributed by atoms with E-state index in [-0.39, 0.29) is 12.0 Å². The third-order valence-electron chi connectivity index (χ3n) is 3.16. The number of hydrogen-bond donors (Lipinski definition) is 1. The fourth-order valence-electron chi connectivity index (χ4n) is 2.09. The lowest BCUT2D eigenvalue weighted by molar-refractivity contribution is -0.143. The highest BCUT2D eigenvalue weighted by Gasteiger charge is 2.20. The number of methoxy groups -OCH3 is 1. The van der Waals surface area contributed by atoms with Crippen LogP contribution in [0.1, 0.15) is 47.5 Å². The predicted octanol–water partition coefficient (Wildman–Crippen LogP) is 2.28. The summed E-state index contributed by atoms with van der Waals surface area (Å²) in [5.74, 6) is 0.490. The second-order valence-corrected chi connectivity index (χ2v) is 5.80. The number of hydrogen-bond acceptors (Lipinski definition) is 4. The lowest BCUT2D eigenvalue weighted by Gasteiger charge is -2.29. The van der Waals surface area contributed by atoms with Gasteiger partial charge in [-0.3, -0.25) is 4.79 Å². The molecule has 19 heavy (non-hydrogen) atoms. The number of nitrogens with one attached hydrogen (secondary N) is 1. The molecule has 0 aliphatic rings.